The minimum atomic E-state index is 0.436. The molecular weight excluding hydrogens is 326 g/mol. The van der Waals surface area contributed by atoms with Crippen molar-refractivity contribution in [1.82, 2.24) is 0 Å². The Morgan fingerprint density at radius 3 is 2.25 bits per heavy atom. The number of halogens is 1. The van der Waals surface area contributed by atoms with Crippen LogP contribution in [0.3, 0.4) is 0 Å². The lowest BCUT2D eigenvalue weighted by Gasteiger charge is -2.14. The Kier molecular flexibility index (Phi) is 6.76. The molecule has 5 heteroatoms. The summed E-state index contributed by atoms with van der Waals surface area (Å²) in [4.78, 5) is 0. The van der Waals surface area contributed by atoms with Crippen LogP contribution < -0.4 is 19.9 Å². The molecule has 0 aliphatic heterocycles. The lowest BCUT2D eigenvalue weighted by Crippen LogP contribution is -2.11. The zero-order chi connectivity index (χ0) is 17.5. The Hall–Kier alpha value is -1.91. The fraction of sp³-hybridized carbons (Fsp3) is 0.368. The molecule has 0 bridgehead atoms. The van der Waals surface area contributed by atoms with Gasteiger partial charge in [0, 0.05) is 11.1 Å². The first-order valence-electron chi connectivity index (χ1n) is 7.94. The monoisotopic (exact) mass is 349 g/mol. The second-order valence-corrected chi connectivity index (χ2v) is 5.96. The van der Waals surface area contributed by atoms with E-state index in [9.17, 15) is 0 Å². The Balaban J connectivity index is 1.94. The van der Waals surface area contributed by atoms with Crippen LogP contribution in [-0.2, 0) is 6.42 Å². The molecule has 2 N–H and O–H groups in total. The van der Waals surface area contributed by atoms with Gasteiger partial charge < -0.3 is 19.9 Å². The Bertz CT molecular complexity index is 665. The van der Waals surface area contributed by atoms with Gasteiger partial charge >= 0.3 is 0 Å². The van der Waals surface area contributed by atoms with Gasteiger partial charge in [-0.05, 0) is 61.7 Å². The van der Waals surface area contributed by atoms with E-state index in [4.69, 9.17) is 31.5 Å². The summed E-state index contributed by atoms with van der Waals surface area (Å²) in [5.41, 5.74) is 8.73. The third-order valence-corrected chi connectivity index (χ3v) is 4.30. The molecule has 2 aromatic carbocycles. The molecule has 130 valence electrons. The Morgan fingerprint density at radius 1 is 0.958 bits per heavy atom. The molecule has 0 saturated carbocycles. The lowest BCUT2D eigenvalue weighted by molar-refractivity contribution is 0.215. The highest BCUT2D eigenvalue weighted by atomic mass is 35.5. The first-order chi connectivity index (χ1) is 11.5. The quantitative estimate of drug-likeness (QED) is 0.734. The van der Waals surface area contributed by atoms with Gasteiger partial charge in [0.2, 0.25) is 0 Å². The van der Waals surface area contributed by atoms with Crippen molar-refractivity contribution < 1.29 is 14.2 Å². The first-order valence-corrected chi connectivity index (χ1v) is 8.32. The predicted octanol–water partition coefficient (Wildman–Crippen LogP) is 3.92. The van der Waals surface area contributed by atoms with E-state index in [1.165, 1.54) is 0 Å². The summed E-state index contributed by atoms with van der Waals surface area (Å²) in [5.74, 6) is 2.34. The van der Waals surface area contributed by atoms with Crippen molar-refractivity contribution >= 4 is 11.6 Å². The summed E-state index contributed by atoms with van der Waals surface area (Å²) in [6.45, 7) is 5.38. The number of methoxy groups -OCH3 is 1. The van der Waals surface area contributed by atoms with Crippen molar-refractivity contribution in [2.45, 2.75) is 20.3 Å². The van der Waals surface area contributed by atoms with Crippen molar-refractivity contribution in [1.29, 1.82) is 0 Å². The van der Waals surface area contributed by atoms with Crippen molar-refractivity contribution in [2.24, 2.45) is 5.73 Å². The van der Waals surface area contributed by atoms with E-state index >= 15 is 0 Å². The zero-order valence-electron chi connectivity index (χ0n) is 14.4. The maximum atomic E-state index is 6.16. The highest BCUT2D eigenvalue weighted by Gasteiger charge is 2.07. The van der Waals surface area contributed by atoms with Crippen LogP contribution in [-0.4, -0.2) is 26.9 Å². The molecule has 0 atom stereocenters. The number of aryl methyl sites for hydroxylation is 2. The van der Waals surface area contributed by atoms with Gasteiger partial charge in [0.25, 0.3) is 0 Å². The topological polar surface area (TPSA) is 53.7 Å². The fourth-order valence-electron chi connectivity index (χ4n) is 2.46. The standard InChI is InChI=1S/C19H24ClNO3/c1-13-10-17(11-14(2)19(13)20)23-8-9-24-18-12-16(22-3)5-4-15(18)6-7-21/h4-5,10-12H,6-9,21H2,1-3H3. The van der Waals surface area contributed by atoms with Crippen LogP contribution >= 0.6 is 11.6 Å². The molecule has 0 spiro atoms. The maximum absolute atomic E-state index is 6.16. The molecule has 0 radical (unpaired) electrons. The average Bonchev–Trinajstić information content (AvgIpc) is 2.57. The molecule has 0 fully saturated rings. The summed E-state index contributed by atoms with van der Waals surface area (Å²) in [7, 11) is 1.63. The Morgan fingerprint density at radius 2 is 1.62 bits per heavy atom. The normalized spacial score (nSPS) is 10.5. The van der Waals surface area contributed by atoms with Crippen molar-refractivity contribution in [3.63, 3.8) is 0 Å². The van der Waals surface area contributed by atoms with E-state index in [1.807, 2.05) is 44.2 Å². The molecular formula is C19H24ClNO3. The first kappa shape index (κ1) is 18.4. The zero-order valence-corrected chi connectivity index (χ0v) is 15.2. The predicted molar refractivity (Wildman–Crippen MR) is 97.7 cm³/mol. The van der Waals surface area contributed by atoms with E-state index in [0.717, 1.165) is 45.4 Å². The van der Waals surface area contributed by atoms with Crippen molar-refractivity contribution in [3.8, 4) is 17.2 Å². The van der Waals surface area contributed by atoms with E-state index in [2.05, 4.69) is 0 Å². The van der Waals surface area contributed by atoms with Gasteiger partial charge in [-0.25, -0.2) is 0 Å². The number of ether oxygens (including phenoxy) is 3. The van der Waals surface area contributed by atoms with Gasteiger partial charge in [0.1, 0.15) is 30.5 Å². The number of hydrogen-bond acceptors (Lipinski definition) is 4. The number of benzene rings is 2. The van der Waals surface area contributed by atoms with E-state index < -0.39 is 0 Å². The smallest absolute Gasteiger partial charge is 0.126 e. The van der Waals surface area contributed by atoms with Crippen LogP contribution in [0.4, 0.5) is 0 Å². The van der Waals surface area contributed by atoms with Crippen LogP contribution in [0.2, 0.25) is 5.02 Å². The van der Waals surface area contributed by atoms with Gasteiger partial charge in [-0.1, -0.05) is 17.7 Å². The summed E-state index contributed by atoms with van der Waals surface area (Å²) in [6, 6.07) is 9.63. The van der Waals surface area contributed by atoms with Crippen LogP contribution in [0, 0.1) is 13.8 Å². The average molecular weight is 350 g/mol. The molecule has 24 heavy (non-hydrogen) atoms. The highest BCUT2D eigenvalue weighted by Crippen LogP contribution is 2.27. The SMILES string of the molecule is COc1ccc(CCN)c(OCCOc2cc(C)c(Cl)c(C)c2)c1. The minimum Gasteiger partial charge on any atom is -0.497 e. The summed E-state index contributed by atoms with van der Waals surface area (Å²) >= 11 is 6.16. The molecule has 0 unspecified atom stereocenters. The second kappa shape index (κ2) is 8.81. The molecule has 0 heterocycles. The van der Waals surface area contributed by atoms with Crippen molar-refractivity contribution in [3.05, 3.63) is 52.0 Å². The lowest BCUT2D eigenvalue weighted by atomic mass is 10.1. The molecule has 0 aliphatic carbocycles. The molecule has 0 aromatic heterocycles. The van der Waals surface area contributed by atoms with Crippen LogP contribution in [0.25, 0.3) is 0 Å². The maximum Gasteiger partial charge on any atom is 0.126 e. The van der Waals surface area contributed by atoms with Gasteiger partial charge in [0.05, 0.1) is 7.11 Å². The third-order valence-electron chi connectivity index (χ3n) is 3.71. The molecule has 0 amide bonds. The number of hydrogen-bond donors (Lipinski definition) is 1. The van der Waals surface area contributed by atoms with Gasteiger partial charge in [0.15, 0.2) is 0 Å². The van der Waals surface area contributed by atoms with Gasteiger partial charge in [-0.2, -0.15) is 0 Å². The summed E-state index contributed by atoms with van der Waals surface area (Å²) in [5, 5.41) is 0.779. The number of nitrogens with two attached hydrogens (primary N) is 1. The number of rotatable bonds is 8. The highest BCUT2D eigenvalue weighted by molar-refractivity contribution is 6.32. The fourth-order valence-corrected chi connectivity index (χ4v) is 2.57. The van der Waals surface area contributed by atoms with Crippen molar-refractivity contribution in [2.75, 3.05) is 26.9 Å². The molecule has 0 saturated heterocycles. The summed E-state index contributed by atoms with van der Waals surface area (Å²) < 4.78 is 16.9. The molecule has 2 rings (SSSR count). The third kappa shape index (κ3) is 4.79. The van der Waals surface area contributed by atoms with Crippen LogP contribution in [0.15, 0.2) is 30.3 Å². The Labute approximate surface area is 148 Å². The molecule has 0 aliphatic rings. The van der Waals surface area contributed by atoms with E-state index in [-0.39, 0.29) is 0 Å². The van der Waals surface area contributed by atoms with E-state index in [0.29, 0.717) is 19.8 Å². The van der Waals surface area contributed by atoms with E-state index in [1.54, 1.807) is 7.11 Å². The minimum absolute atomic E-state index is 0.436. The largest absolute Gasteiger partial charge is 0.497 e. The van der Waals surface area contributed by atoms with Gasteiger partial charge in [-0.15, -0.1) is 0 Å². The van der Waals surface area contributed by atoms with Crippen LogP contribution in [0.1, 0.15) is 16.7 Å². The summed E-state index contributed by atoms with van der Waals surface area (Å²) in [6.07, 6.45) is 0.760. The van der Waals surface area contributed by atoms with Gasteiger partial charge in [-0.3, -0.25) is 0 Å². The second-order valence-electron chi connectivity index (χ2n) is 5.58. The van der Waals surface area contributed by atoms with Crippen LogP contribution in [0.5, 0.6) is 17.2 Å². The molecule has 2 aromatic rings. The molecule has 4 nitrogen and oxygen atoms in total.